The van der Waals surface area contributed by atoms with Crippen LogP contribution in [0.25, 0.3) is 0 Å². The molecule has 34 heavy (non-hydrogen) atoms. The average Bonchev–Trinajstić information content (AvgIpc) is 2.71. The second-order valence-corrected chi connectivity index (χ2v) is 22.5. The maximum absolute atomic E-state index is 7.10. The Morgan fingerprint density at radius 2 is 1.21 bits per heavy atom. The molecular weight excluding hydrogens is 452 g/mol. The molecular formula is C29H56O3Si2. The lowest BCUT2D eigenvalue weighted by Crippen LogP contribution is -2.52. The molecule has 1 aromatic carbocycles. The van der Waals surface area contributed by atoms with Gasteiger partial charge in [0.15, 0.2) is 16.6 Å². The van der Waals surface area contributed by atoms with Crippen molar-refractivity contribution in [3.05, 3.63) is 35.9 Å². The molecule has 0 saturated heterocycles. The maximum atomic E-state index is 7.10. The first-order chi connectivity index (χ1) is 15.6. The number of hydrogen-bond acceptors (Lipinski definition) is 3. The SMILES string of the molecule is CCCCCC[C@H](O[Si](C)(C)C(C)(C)C)[C@H](CCOCc1ccccc1)O[Si](C)(C)C(C)(C)C. The van der Waals surface area contributed by atoms with Gasteiger partial charge in [0.1, 0.15) is 0 Å². The van der Waals surface area contributed by atoms with Gasteiger partial charge in [-0.2, -0.15) is 0 Å². The summed E-state index contributed by atoms with van der Waals surface area (Å²) in [6, 6.07) is 10.4. The third kappa shape index (κ3) is 10.7. The van der Waals surface area contributed by atoms with Crippen LogP contribution in [0.1, 0.15) is 92.6 Å². The Kier molecular flexibility index (Phi) is 12.7. The van der Waals surface area contributed by atoms with Crippen molar-refractivity contribution >= 4 is 16.6 Å². The predicted molar refractivity (Wildman–Crippen MR) is 154 cm³/mol. The molecule has 0 aliphatic rings. The van der Waals surface area contributed by atoms with Crippen molar-refractivity contribution in [2.45, 2.75) is 142 Å². The van der Waals surface area contributed by atoms with Crippen molar-refractivity contribution in [3.8, 4) is 0 Å². The zero-order chi connectivity index (χ0) is 26.0. The number of benzene rings is 1. The summed E-state index contributed by atoms with van der Waals surface area (Å²) in [6.07, 6.45) is 7.18. The van der Waals surface area contributed by atoms with Gasteiger partial charge < -0.3 is 13.6 Å². The summed E-state index contributed by atoms with van der Waals surface area (Å²) in [5.74, 6) is 0. The summed E-state index contributed by atoms with van der Waals surface area (Å²) in [7, 11) is -3.88. The Morgan fingerprint density at radius 1 is 0.706 bits per heavy atom. The Morgan fingerprint density at radius 3 is 1.68 bits per heavy atom. The summed E-state index contributed by atoms with van der Waals surface area (Å²) in [5.41, 5.74) is 1.22. The lowest BCUT2D eigenvalue weighted by molar-refractivity contribution is 0.00193. The van der Waals surface area contributed by atoms with Crippen LogP contribution in [0.4, 0.5) is 0 Å². The molecule has 1 rings (SSSR count). The van der Waals surface area contributed by atoms with Gasteiger partial charge in [-0.1, -0.05) is 104 Å². The molecule has 0 fully saturated rings. The monoisotopic (exact) mass is 508 g/mol. The van der Waals surface area contributed by atoms with Crippen molar-refractivity contribution in [2.24, 2.45) is 0 Å². The van der Waals surface area contributed by atoms with E-state index in [1.807, 2.05) is 6.07 Å². The van der Waals surface area contributed by atoms with Crippen LogP contribution >= 0.6 is 0 Å². The molecule has 0 spiro atoms. The molecule has 198 valence electrons. The first kappa shape index (κ1) is 31.6. The van der Waals surface area contributed by atoms with Crippen LogP contribution in [0, 0.1) is 0 Å². The van der Waals surface area contributed by atoms with Gasteiger partial charge in [-0.25, -0.2) is 0 Å². The molecule has 0 amide bonds. The average molecular weight is 509 g/mol. The van der Waals surface area contributed by atoms with E-state index in [4.69, 9.17) is 13.6 Å². The highest BCUT2D eigenvalue weighted by atomic mass is 28.4. The van der Waals surface area contributed by atoms with E-state index in [0.717, 1.165) is 12.8 Å². The Hall–Kier alpha value is -0.466. The van der Waals surface area contributed by atoms with Crippen molar-refractivity contribution in [2.75, 3.05) is 6.61 Å². The lowest BCUT2D eigenvalue weighted by Gasteiger charge is -2.45. The van der Waals surface area contributed by atoms with E-state index in [2.05, 4.69) is 98.9 Å². The highest BCUT2D eigenvalue weighted by Crippen LogP contribution is 2.41. The second-order valence-electron chi connectivity index (χ2n) is 13.0. The number of unbranched alkanes of at least 4 members (excludes halogenated alkanes) is 3. The van der Waals surface area contributed by atoms with Gasteiger partial charge in [0.2, 0.25) is 0 Å². The summed E-state index contributed by atoms with van der Waals surface area (Å²) >= 11 is 0. The molecule has 3 nitrogen and oxygen atoms in total. The van der Waals surface area contributed by atoms with Gasteiger partial charge in [0.25, 0.3) is 0 Å². The molecule has 0 N–H and O–H groups in total. The molecule has 0 aromatic heterocycles. The molecule has 1 aromatic rings. The Labute approximate surface area is 214 Å². The van der Waals surface area contributed by atoms with Crippen LogP contribution in [0.5, 0.6) is 0 Å². The third-order valence-corrected chi connectivity index (χ3v) is 16.9. The van der Waals surface area contributed by atoms with Crippen LogP contribution in [-0.4, -0.2) is 35.4 Å². The third-order valence-electron chi connectivity index (χ3n) is 7.92. The number of rotatable bonds is 15. The van der Waals surface area contributed by atoms with Crippen LogP contribution in [-0.2, 0) is 20.2 Å². The first-order valence-corrected chi connectivity index (χ1v) is 19.4. The number of ether oxygens (including phenoxy) is 1. The highest BCUT2D eigenvalue weighted by Gasteiger charge is 2.44. The largest absolute Gasteiger partial charge is 0.411 e. The molecule has 0 radical (unpaired) electrons. The van der Waals surface area contributed by atoms with E-state index >= 15 is 0 Å². The van der Waals surface area contributed by atoms with E-state index in [9.17, 15) is 0 Å². The van der Waals surface area contributed by atoms with Gasteiger partial charge in [-0.3, -0.25) is 0 Å². The fourth-order valence-corrected chi connectivity index (χ4v) is 6.25. The van der Waals surface area contributed by atoms with E-state index < -0.39 is 16.6 Å². The molecule has 0 unspecified atom stereocenters. The van der Waals surface area contributed by atoms with Gasteiger partial charge in [-0.15, -0.1) is 0 Å². The van der Waals surface area contributed by atoms with Crippen LogP contribution in [0.2, 0.25) is 36.3 Å². The Balaban J connectivity index is 3.06. The van der Waals surface area contributed by atoms with Gasteiger partial charge >= 0.3 is 0 Å². The van der Waals surface area contributed by atoms with E-state index in [0.29, 0.717) is 13.2 Å². The smallest absolute Gasteiger partial charge is 0.192 e. The summed E-state index contributed by atoms with van der Waals surface area (Å²) in [5, 5.41) is 0.347. The summed E-state index contributed by atoms with van der Waals surface area (Å²) in [4.78, 5) is 0. The fraction of sp³-hybridized carbons (Fsp3) is 0.793. The van der Waals surface area contributed by atoms with Crippen LogP contribution < -0.4 is 0 Å². The zero-order valence-electron chi connectivity index (χ0n) is 24.4. The summed E-state index contributed by atoms with van der Waals surface area (Å²) in [6.45, 7) is 27.1. The molecule has 2 atom stereocenters. The number of hydrogen-bond donors (Lipinski definition) is 0. The zero-order valence-corrected chi connectivity index (χ0v) is 26.4. The molecule has 5 heteroatoms. The quantitative estimate of drug-likeness (QED) is 0.174. The van der Waals surface area contributed by atoms with Crippen molar-refractivity contribution < 1.29 is 13.6 Å². The standard InChI is InChI=1S/C29H56O3Si2/c1-12-13-14-18-21-26(31-33(8,9)28(2,3)4)27(32-34(10,11)29(5,6)7)22-23-30-24-25-19-16-15-17-20-25/h15-17,19-20,26-27H,12-14,18,21-24H2,1-11H3/t26-,27-/m0/s1. The molecule has 0 aliphatic carbocycles. The van der Waals surface area contributed by atoms with Crippen molar-refractivity contribution in [1.29, 1.82) is 0 Å². The minimum absolute atomic E-state index is 0.0763. The fourth-order valence-electron chi connectivity index (χ4n) is 3.49. The van der Waals surface area contributed by atoms with Gasteiger partial charge in [0.05, 0.1) is 18.8 Å². The van der Waals surface area contributed by atoms with E-state index in [1.54, 1.807) is 0 Å². The predicted octanol–water partition coefficient (Wildman–Crippen LogP) is 9.34. The van der Waals surface area contributed by atoms with Crippen LogP contribution in [0.15, 0.2) is 30.3 Å². The van der Waals surface area contributed by atoms with Gasteiger partial charge in [0, 0.05) is 6.61 Å². The molecule has 0 saturated carbocycles. The molecule has 0 aliphatic heterocycles. The lowest BCUT2D eigenvalue weighted by atomic mass is 10.0. The normalized spacial score (nSPS) is 15.4. The molecule has 0 heterocycles. The molecule has 0 bridgehead atoms. The minimum atomic E-state index is -1.95. The van der Waals surface area contributed by atoms with E-state index in [1.165, 1.54) is 31.2 Å². The minimum Gasteiger partial charge on any atom is -0.411 e. The Bertz CT molecular complexity index is 675. The highest BCUT2D eigenvalue weighted by molar-refractivity contribution is 6.74. The topological polar surface area (TPSA) is 27.7 Å². The van der Waals surface area contributed by atoms with Crippen LogP contribution in [0.3, 0.4) is 0 Å². The first-order valence-electron chi connectivity index (χ1n) is 13.6. The maximum Gasteiger partial charge on any atom is 0.192 e. The second kappa shape index (κ2) is 13.7. The van der Waals surface area contributed by atoms with E-state index in [-0.39, 0.29) is 22.3 Å². The van der Waals surface area contributed by atoms with Crippen molar-refractivity contribution in [3.63, 3.8) is 0 Å². The van der Waals surface area contributed by atoms with Gasteiger partial charge in [-0.05, 0) is 54.7 Å². The summed E-state index contributed by atoms with van der Waals surface area (Å²) < 4.78 is 20.3. The van der Waals surface area contributed by atoms with Crippen molar-refractivity contribution in [1.82, 2.24) is 0 Å².